The maximum Gasteiger partial charge on any atom is 0.227 e. The van der Waals surface area contributed by atoms with Gasteiger partial charge in [-0.15, -0.1) is 11.8 Å². The van der Waals surface area contributed by atoms with Gasteiger partial charge in [0.25, 0.3) is 0 Å². The second-order valence-electron chi connectivity index (χ2n) is 7.02. The van der Waals surface area contributed by atoms with Crippen LogP contribution in [0.5, 0.6) is 11.5 Å². The number of rotatable bonds is 7. The summed E-state index contributed by atoms with van der Waals surface area (Å²) >= 11 is 1.80. The molecule has 2 aromatic carbocycles. The summed E-state index contributed by atoms with van der Waals surface area (Å²) in [6, 6.07) is 14.0. The minimum absolute atomic E-state index is 0.575. The van der Waals surface area contributed by atoms with Gasteiger partial charge in [-0.05, 0) is 56.6 Å². The van der Waals surface area contributed by atoms with Crippen molar-refractivity contribution >= 4 is 23.4 Å². The van der Waals surface area contributed by atoms with Crippen molar-refractivity contribution in [1.82, 2.24) is 14.9 Å². The number of hydrogen-bond acceptors (Lipinski definition) is 7. The Morgan fingerprint density at radius 2 is 1.90 bits per heavy atom. The van der Waals surface area contributed by atoms with E-state index in [2.05, 4.69) is 21.3 Å². The molecule has 1 aromatic heterocycles. The van der Waals surface area contributed by atoms with Crippen molar-refractivity contribution in [1.29, 1.82) is 0 Å². The predicted octanol–water partition coefficient (Wildman–Crippen LogP) is 4.44. The van der Waals surface area contributed by atoms with Gasteiger partial charge in [-0.3, -0.25) is 0 Å². The van der Waals surface area contributed by atoms with Gasteiger partial charge in [0.1, 0.15) is 18.1 Å². The molecule has 0 spiro atoms. The van der Waals surface area contributed by atoms with Gasteiger partial charge in [-0.1, -0.05) is 0 Å². The molecule has 4 rings (SSSR count). The van der Waals surface area contributed by atoms with Crippen LogP contribution in [0, 0.1) is 0 Å². The molecule has 0 fully saturated rings. The van der Waals surface area contributed by atoms with Crippen LogP contribution in [0.4, 0.5) is 11.6 Å². The number of thioether (sulfide) groups is 1. The summed E-state index contributed by atoms with van der Waals surface area (Å²) in [6.45, 7) is 1.54. The molecule has 6 nitrogen and oxygen atoms in total. The molecule has 3 aromatic rings. The van der Waals surface area contributed by atoms with Crippen LogP contribution in [0.25, 0.3) is 11.3 Å². The summed E-state index contributed by atoms with van der Waals surface area (Å²) in [5.41, 5.74) is 4.09. The Labute approximate surface area is 175 Å². The Balaban J connectivity index is 1.51. The molecule has 0 saturated heterocycles. The molecular weight excluding hydrogens is 384 g/mol. The van der Waals surface area contributed by atoms with E-state index in [1.54, 1.807) is 18.9 Å². The molecule has 1 N–H and O–H groups in total. The van der Waals surface area contributed by atoms with Gasteiger partial charge < -0.3 is 19.7 Å². The Morgan fingerprint density at radius 3 is 2.66 bits per heavy atom. The van der Waals surface area contributed by atoms with Crippen LogP contribution < -0.4 is 14.8 Å². The Hall–Kier alpha value is -2.77. The fourth-order valence-electron chi connectivity index (χ4n) is 3.02. The molecule has 0 bridgehead atoms. The van der Waals surface area contributed by atoms with E-state index in [0.29, 0.717) is 12.6 Å². The monoisotopic (exact) mass is 408 g/mol. The number of anilines is 2. The number of aromatic nitrogens is 2. The average Bonchev–Trinajstić information content (AvgIpc) is 2.74. The zero-order chi connectivity index (χ0) is 20.2. The first kappa shape index (κ1) is 19.5. The number of likely N-dealkylation sites (N-methyl/N-ethyl adjacent to an activating group) is 1. The van der Waals surface area contributed by atoms with Gasteiger partial charge in [0, 0.05) is 40.2 Å². The van der Waals surface area contributed by atoms with Gasteiger partial charge >= 0.3 is 0 Å². The lowest BCUT2D eigenvalue weighted by molar-refractivity contribution is 0.261. The number of ether oxygens (including phenoxy) is 2. The third-order valence-electron chi connectivity index (χ3n) is 4.61. The standard InChI is InChI=1S/C22H24N4O2S/c1-26(2)10-11-28-17-6-4-16(5-7-17)24-22-23-13-15-14-29-20-9-8-18(27-3)12-19(20)21(15)25-22/h4-9,12-13H,10-11,14H2,1-3H3,(H,23,24,25). The molecule has 7 heteroatoms. The van der Waals surface area contributed by atoms with Gasteiger partial charge in [-0.25, -0.2) is 9.97 Å². The van der Waals surface area contributed by atoms with Crippen molar-refractivity contribution in [2.24, 2.45) is 0 Å². The number of fused-ring (bicyclic) bond motifs is 3. The summed E-state index contributed by atoms with van der Waals surface area (Å²) in [6.07, 6.45) is 1.90. The average molecular weight is 409 g/mol. The Kier molecular flexibility index (Phi) is 5.87. The summed E-state index contributed by atoms with van der Waals surface area (Å²) in [5, 5.41) is 3.29. The first-order valence-electron chi connectivity index (χ1n) is 9.44. The number of nitrogens with one attached hydrogen (secondary N) is 1. The Morgan fingerprint density at radius 1 is 1.10 bits per heavy atom. The first-order chi connectivity index (χ1) is 14.1. The van der Waals surface area contributed by atoms with Crippen LogP contribution in [0.1, 0.15) is 5.56 Å². The van der Waals surface area contributed by atoms with Crippen LogP contribution in [0.2, 0.25) is 0 Å². The van der Waals surface area contributed by atoms with Crippen LogP contribution in [0.3, 0.4) is 0 Å². The van der Waals surface area contributed by atoms with Gasteiger partial charge in [0.15, 0.2) is 0 Å². The molecule has 150 valence electrons. The van der Waals surface area contributed by atoms with E-state index in [9.17, 15) is 0 Å². The van der Waals surface area contributed by atoms with Crippen molar-refractivity contribution in [2.75, 3.05) is 39.7 Å². The zero-order valence-corrected chi connectivity index (χ0v) is 17.6. The smallest absolute Gasteiger partial charge is 0.227 e. The molecule has 29 heavy (non-hydrogen) atoms. The van der Waals surface area contributed by atoms with Crippen LogP contribution in [-0.4, -0.2) is 49.2 Å². The molecule has 0 radical (unpaired) electrons. The van der Waals surface area contributed by atoms with Gasteiger partial charge in [0.2, 0.25) is 5.95 Å². The van der Waals surface area contributed by atoms with E-state index >= 15 is 0 Å². The maximum absolute atomic E-state index is 5.74. The number of benzene rings is 2. The lowest BCUT2D eigenvalue weighted by atomic mass is 10.1. The van der Waals surface area contributed by atoms with Crippen molar-refractivity contribution in [3.63, 3.8) is 0 Å². The lowest BCUT2D eigenvalue weighted by Gasteiger charge is -2.19. The molecule has 1 aliphatic rings. The molecule has 0 saturated carbocycles. The fraction of sp³-hybridized carbons (Fsp3) is 0.273. The second kappa shape index (κ2) is 8.71. The minimum atomic E-state index is 0.575. The molecule has 0 amide bonds. The van der Waals surface area contributed by atoms with E-state index in [-0.39, 0.29) is 0 Å². The van der Waals surface area contributed by atoms with E-state index in [0.717, 1.165) is 46.3 Å². The van der Waals surface area contributed by atoms with E-state index in [1.165, 1.54) is 4.90 Å². The summed E-state index contributed by atoms with van der Waals surface area (Å²) < 4.78 is 11.1. The highest BCUT2D eigenvalue weighted by molar-refractivity contribution is 7.98. The molecule has 1 aliphatic heterocycles. The minimum Gasteiger partial charge on any atom is -0.497 e. The highest BCUT2D eigenvalue weighted by Crippen LogP contribution is 2.42. The molecule has 0 unspecified atom stereocenters. The van der Waals surface area contributed by atoms with Crippen LogP contribution >= 0.6 is 11.8 Å². The highest BCUT2D eigenvalue weighted by atomic mass is 32.2. The Bertz CT molecular complexity index is 993. The van der Waals surface area contributed by atoms with Gasteiger partial charge in [-0.2, -0.15) is 0 Å². The highest BCUT2D eigenvalue weighted by Gasteiger charge is 2.20. The normalized spacial score (nSPS) is 12.3. The molecule has 0 atom stereocenters. The first-order valence-corrected chi connectivity index (χ1v) is 10.4. The number of methoxy groups -OCH3 is 1. The fourth-order valence-corrected chi connectivity index (χ4v) is 4.02. The van der Waals surface area contributed by atoms with Crippen molar-refractivity contribution in [3.8, 4) is 22.8 Å². The maximum atomic E-state index is 5.74. The van der Waals surface area contributed by atoms with E-state index < -0.39 is 0 Å². The number of nitrogens with zero attached hydrogens (tertiary/aromatic N) is 3. The molecule has 2 heterocycles. The topological polar surface area (TPSA) is 59.5 Å². The third-order valence-corrected chi connectivity index (χ3v) is 5.73. The number of hydrogen-bond donors (Lipinski definition) is 1. The van der Waals surface area contributed by atoms with E-state index in [4.69, 9.17) is 14.5 Å². The van der Waals surface area contributed by atoms with Gasteiger partial charge in [0.05, 0.1) is 12.8 Å². The second-order valence-corrected chi connectivity index (χ2v) is 8.04. The summed E-state index contributed by atoms with van der Waals surface area (Å²) in [5.74, 6) is 3.12. The SMILES string of the molecule is COc1ccc2c(c1)-c1nc(Nc3ccc(OCCN(C)C)cc3)ncc1CS2. The summed E-state index contributed by atoms with van der Waals surface area (Å²) in [4.78, 5) is 12.6. The molecular formula is C22H24N4O2S. The predicted molar refractivity (Wildman–Crippen MR) is 117 cm³/mol. The lowest BCUT2D eigenvalue weighted by Crippen LogP contribution is -2.19. The van der Waals surface area contributed by atoms with Crippen LogP contribution in [-0.2, 0) is 5.75 Å². The quantitative estimate of drug-likeness (QED) is 0.620. The van der Waals surface area contributed by atoms with Crippen molar-refractivity contribution in [3.05, 3.63) is 54.2 Å². The van der Waals surface area contributed by atoms with Crippen molar-refractivity contribution in [2.45, 2.75) is 10.6 Å². The zero-order valence-electron chi connectivity index (χ0n) is 16.8. The third kappa shape index (κ3) is 4.63. The van der Waals surface area contributed by atoms with E-state index in [1.807, 2.05) is 56.7 Å². The summed E-state index contributed by atoms with van der Waals surface area (Å²) in [7, 11) is 5.74. The largest absolute Gasteiger partial charge is 0.497 e. The molecule has 0 aliphatic carbocycles. The van der Waals surface area contributed by atoms with Crippen LogP contribution in [0.15, 0.2) is 53.6 Å². The van der Waals surface area contributed by atoms with Crippen molar-refractivity contribution < 1.29 is 9.47 Å².